The molecule has 0 amide bonds. The largest absolute Gasteiger partial charge is 0.314 e. The molecule has 0 aromatic heterocycles. The molecule has 0 spiro atoms. The smallest absolute Gasteiger partial charge is 0.0107 e. The summed E-state index contributed by atoms with van der Waals surface area (Å²) >= 11 is 0. The fraction of sp³-hybridized carbons (Fsp3) is 0.556. The van der Waals surface area contributed by atoms with Crippen LogP contribution < -0.4 is 5.32 Å². The van der Waals surface area contributed by atoms with Crippen LogP contribution in [0, 0.1) is 6.92 Å². The number of benzene rings is 1. The van der Waals surface area contributed by atoms with Crippen molar-refractivity contribution in [2.45, 2.75) is 58.4 Å². The van der Waals surface area contributed by atoms with Crippen LogP contribution in [0.1, 0.15) is 50.2 Å². The predicted molar refractivity (Wildman–Crippen MR) is 85.6 cm³/mol. The molecule has 0 saturated heterocycles. The van der Waals surface area contributed by atoms with Crippen LogP contribution in [0.5, 0.6) is 0 Å². The fourth-order valence-corrected chi connectivity index (χ4v) is 2.54. The summed E-state index contributed by atoms with van der Waals surface area (Å²) in [5.74, 6) is 0. The molecule has 1 heteroatoms. The lowest BCUT2D eigenvalue weighted by molar-refractivity contribution is 0.464. The number of likely N-dealkylation sites (N-methyl/N-ethyl adjacent to an activating group) is 1. The van der Waals surface area contributed by atoms with Gasteiger partial charge < -0.3 is 5.32 Å². The zero-order valence-electron chi connectivity index (χ0n) is 12.6. The van der Waals surface area contributed by atoms with Gasteiger partial charge in [0.25, 0.3) is 0 Å². The topological polar surface area (TPSA) is 12.0 Å². The van der Waals surface area contributed by atoms with Crippen molar-refractivity contribution in [3.8, 4) is 0 Å². The second kappa shape index (κ2) is 9.80. The van der Waals surface area contributed by atoms with Crippen molar-refractivity contribution in [3.05, 3.63) is 48.0 Å². The van der Waals surface area contributed by atoms with E-state index in [0.717, 1.165) is 19.4 Å². The summed E-state index contributed by atoms with van der Waals surface area (Å²) in [6.07, 6.45) is 9.53. The van der Waals surface area contributed by atoms with E-state index in [9.17, 15) is 0 Å². The van der Waals surface area contributed by atoms with Gasteiger partial charge in [-0.1, -0.05) is 55.7 Å². The highest BCUT2D eigenvalue weighted by atomic mass is 14.9. The summed E-state index contributed by atoms with van der Waals surface area (Å²) in [6.45, 7) is 9.20. The second-order valence-corrected chi connectivity index (χ2v) is 5.37. The van der Waals surface area contributed by atoms with Gasteiger partial charge in [-0.2, -0.15) is 0 Å². The van der Waals surface area contributed by atoms with Gasteiger partial charge in [0.15, 0.2) is 0 Å². The molecular formula is C18H29N. The Morgan fingerprint density at radius 2 is 2.11 bits per heavy atom. The molecule has 1 unspecified atom stereocenters. The average molecular weight is 259 g/mol. The quantitative estimate of drug-likeness (QED) is 0.476. The SMILES string of the molecule is C=CCCCCCC(Cc1cccc(C)c1)NCC. The maximum Gasteiger partial charge on any atom is 0.0107 e. The highest BCUT2D eigenvalue weighted by molar-refractivity contribution is 5.22. The molecular weight excluding hydrogens is 230 g/mol. The highest BCUT2D eigenvalue weighted by Crippen LogP contribution is 2.12. The molecule has 1 N–H and O–H groups in total. The molecule has 0 aliphatic carbocycles. The Hall–Kier alpha value is -1.08. The van der Waals surface area contributed by atoms with Gasteiger partial charge in [0.05, 0.1) is 0 Å². The average Bonchev–Trinajstić information content (AvgIpc) is 2.38. The molecule has 0 aliphatic heterocycles. The predicted octanol–water partition coefficient (Wildman–Crippen LogP) is 4.65. The minimum Gasteiger partial charge on any atom is -0.314 e. The molecule has 1 aromatic rings. The Morgan fingerprint density at radius 1 is 1.26 bits per heavy atom. The molecule has 0 aliphatic rings. The number of rotatable bonds is 10. The third kappa shape index (κ3) is 7.17. The highest BCUT2D eigenvalue weighted by Gasteiger charge is 2.08. The van der Waals surface area contributed by atoms with Gasteiger partial charge in [-0.15, -0.1) is 6.58 Å². The van der Waals surface area contributed by atoms with E-state index in [4.69, 9.17) is 0 Å². The lowest BCUT2D eigenvalue weighted by Crippen LogP contribution is -2.30. The van der Waals surface area contributed by atoms with Crippen molar-refractivity contribution >= 4 is 0 Å². The molecule has 0 radical (unpaired) electrons. The molecule has 19 heavy (non-hydrogen) atoms. The molecule has 1 nitrogen and oxygen atoms in total. The summed E-state index contributed by atoms with van der Waals surface area (Å²) in [5, 5.41) is 3.62. The Kier molecular flexibility index (Phi) is 8.24. The minimum absolute atomic E-state index is 0.621. The fourth-order valence-electron chi connectivity index (χ4n) is 2.54. The van der Waals surface area contributed by atoms with Crippen LogP contribution in [0.4, 0.5) is 0 Å². The van der Waals surface area contributed by atoms with E-state index >= 15 is 0 Å². The van der Waals surface area contributed by atoms with Crippen LogP contribution >= 0.6 is 0 Å². The molecule has 106 valence electrons. The van der Waals surface area contributed by atoms with Crippen LogP contribution in [0.2, 0.25) is 0 Å². The molecule has 0 heterocycles. The summed E-state index contributed by atoms with van der Waals surface area (Å²) in [6, 6.07) is 9.51. The monoisotopic (exact) mass is 259 g/mol. The van der Waals surface area contributed by atoms with Crippen LogP contribution in [0.15, 0.2) is 36.9 Å². The minimum atomic E-state index is 0.621. The summed E-state index contributed by atoms with van der Waals surface area (Å²) in [5.41, 5.74) is 2.82. The van der Waals surface area contributed by atoms with Crippen molar-refractivity contribution in [2.24, 2.45) is 0 Å². The van der Waals surface area contributed by atoms with Gasteiger partial charge in [0.1, 0.15) is 0 Å². The van der Waals surface area contributed by atoms with Gasteiger partial charge in [0, 0.05) is 6.04 Å². The van der Waals surface area contributed by atoms with Gasteiger partial charge in [-0.3, -0.25) is 0 Å². The van der Waals surface area contributed by atoms with E-state index in [1.54, 1.807) is 0 Å². The number of hydrogen-bond acceptors (Lipinski definition) is 1. The summed E-state index contributed by atoms with van der Waals surface area (Å²) in [4.78, 5) is 0. The van der Waals surface area contributed by atoms with Gasteiger partial charge >= 0.3 is 0 Å². The van der Waals surface area contributed by atoms with Gasteiger partial charge in [-0.25, -0.2) is 0 Å². The maximum absolute atomic E-state index is 3.77. The third-order valence-corrected chi connectivity index (χ3v) is 3.52. The van der Waals surface area contributed by atoms with E-state index in [1.165, 1.54) is 36.8 Å². The number of allylic oxidation sites excluding steroid dienone is 1. The number of unbranched alkanes of at least 4 members (excludes halogenated alkanes) is 3. The first-order valence-corrected chi connectivity index (χ1v) is 7.66. The van der Waals surface area contributed by atoms with E-state index in [2.05, 4.69) is 50.0 Å². The maximum atomic E-state index is 3.77. The van der Waals surface area contributed by atoms with Crippen LogP contribution in [0.25, 0.3) is 0 Å². The van der Waals surface area contributed by atoms with Crippen molar-refractivity contribution in [1.82, 2.24) is 5.32 Å². The van der Waals surface area contributed by atoms with Crippen molar-refractivity contribution in [1.29, 1.82) is 0 Å². The number of aryl methyl sites for hydroxylation is 1. The van der Waals surface area contributed by atoms with E-state index < -0.39 is 0 Å². The van der Waals surface area contributed by atoms with E-state index in [0.29, 0.717) is 6.04 Å². The van der Waals surface area contributed by atoms with E-state index in [-0.39, 0.29) is 0 Å². The molecule has 0 bridgehead atoms. The molecule has 1 rings (SSSR count). The standard InChI is InChI=1S/C18H29N/c1-4-6-7-8-9-13-18(19-5-2)15-17-12-10-11-16(3)14-17/h4,10-12,14,18-19H,1,5-9,13,15H2,2-3H3. The first-order valence-electron chi connectivity index (χ1n) is 7.66. The lowest BCUT2D eigenvalue weighted by atomic mass is 9.99. The Labute approximate surface area is 119 Å². The zero-order chi connectivity index (χ0) is 13.9. The zero-order valence-corrected chi connectivity index (χ0v) is 12.6. The van der Waals surface area contributed by atoms with Crippen LogP contribution in [0.3, 0.4) is 0 Å². The van der Waals surface area contributed by atoms with Crippen LogP contribution in [-0.2, 0) is 6.42 Å². The van der Waals surface area contributed by atoms with Crippen molar-refractivity contribution in [3.63, 3.8) is 0 Å². The molecule has 0 saturated carbocycles. The number of nitrogens with one attached hydrogen (secondary N) is 1. The molecule has 1 aromatic carbocycles. The normalized spacial score (nSPS) is 12.3. The van der Waals surface area contributed by atoms with Crippen molar-refractivity contribution in [2.75, 3.05) is 6.54 Å². The third-order valence-electron chi connectivity index (χ3n) is 3.52. The van der Waals surface area contributed by atoms with E-state index in [1.807, 2.05) is 6.08 Å². The second-order valence-electron chi connectivity index (χ2n) is 5.37. The Balaban J connectivity index is 2.37. The number of hydrogen-bond donors (Lipinski definition) is 1. The Bertz CT molecular complexity index is 356. The van der Waals surface area contributed by atoms with Crippen LogP contribution in [-0.4, -0.2) is 12.6 Å². The van der Waals surface area contributed by atoms with Crippen molar-refractivity contribution < 1.29 is 0 Å². The molecule has 0 fully saturated rings. The first-order chi connectivity index (χ1) is 9.26. The summed E-state index contributed by atoms with van der Waals surface area (Å²) < 4.78 is 0. The lowest BCUT2D eigenvalue weighted by Gasteiger charge is -2.18. The summed E-state index contributed by atoms with van der Waals surface area (Å²) in [7, 11) is 0. The molecule has 1 atom stereocenters. The first kappa shape index (κ1) is 16.0. The van der Waals surface area contributed by atoms with Gasteiger partial charge in [0.2, 0.25) is 0 Å². The van der Waals surface area contributed by atoms with Gasteiger partial charge in [-0.05, 0) is 44.7 Å². The Morgan fingerprint density at radius 3 is 2.79 bits per heavy atom.